The average molecular weight is 288 g/mol. The molecule has 1 atom stereocenters. The zero-order chi connectivity index (χ0) is 14.8. The molecule has 1 aliphatic carbocycles. The van der Waals surface area contributed by atoms with E-state index < -0.39 is 0 Å². The summed E-state index contributed by atoms with van der Waals surface area (Å²) in [5.74, 6) is 1.15. The molecule has 3 rings (SSSR count). The van der Waals surface area contributed by atoms with E-state index in [0.29, 0.717) is 44.1 Å². The number of anilines is 1. The van der Waals surface area contributed by atoms with Crippen molar-refractivity contribution in [2.75, 3.05) is 12.3 Å². The van der Waals surface area contributed by atoms with Gasteiger partial charge in [-0.25, -0.2) is 9.97 Å². The van der Waals surface area contributed by atoms with Crippen LogP contribution in [0.5, 0.6) is 0 Å². The number of ketones is 1. The number of nitrogen functional groups attached to an aromatic ring is 1. The normalized spacial score (nSPS) is 21.4. The Hall–Kier alpha value is -1.98. The molecule has 2 aliphatic rings. The van der Waals surface area contributed by atoms with Gasteiger partial charge in [-0.15, -0.1) is 0 Å². The van der Waals surface area contributed by atoms with Gasteiger partial charge in [-0.2, -0.15) is 0 Å². The van der Waals surface area contributed by atoms with Gasteiger partial charge in [0.1, 0.15) is 5.78 Å². The van der Waals surface area contributed by atoms with Crippen molar-refractivity contribution in [2.24, 2.45) is 5.92 Å². The maximum Gasteiger partial charge on any atom is 0.222 e. The number of carbonyl (C=O) groups excluding carboxylic acids is 2. The number of carbonyl (C=O) groups is 2. The summed E-state index contributed by atoms with van der Waals surface area (Å²) < 4.78 is 0. The Morgan fingerprint density at radius 1 is 1.43 bits per heavy atom. The molecule has 1 aromatic rings. The second-order valence-corrected chi connectivity index (χ2v) is 5.95. The molecule has 0 bridgehead atoms. The minimum Gasteiger partial charge on any atom is -0.368 e. The summed E-state index contributed by atoms with van der Waals surface area (Å²) in [6, 6.07) is 0. The van der Waals surface area contributed by atoms with Crippen molar-refractivity contribution in [3.8, 4) is 0 Å². The van der Waals surface area contributed by atoms with Crippen LogP contribution < -0.4 is 5.73 Å². The second-order valence-electron chi connectivity index (χ2n) is 5.95. The van der Waals surface area contributed by atoms with Gasteiger partial charge < -0.3 is 10.6 Å². The van der Waals surface area contributed by atoms with Gasteiger partial charge in [0, 0.05) is 32.0 Å². The highest BCUT2D eigenvalue weighted by molar-refractivity contribution is 5.81. The summed E-state index contributed by atoms with van der Waals surface area (Å²) >= 11 is 0. The highest BCUT2D eigenvalue weighted by Gasteiger charge is 2.25. The molecule has 0 radical (unpaired) electrons. The van der Waals surface area contributed by atoms with E-state index in [9.17, 15) is 9.59 Å². The monoisotopic (exact) mass is 288 g/mol. The Balaban J connectivity index is 1.55. The van der Waals surface area contributed by atoms with Crippen LogP contribution in [0.15, 0.2) is 6.20 Å². The van der Waals surface area contributed by atoms with Gasteiger partial charge in [-0.05, 0) is 30.7 Å². The molecule has 0 saturated heterocycles. The fourth-order valence-corrected chi connectivity index (χ4v) is 3.15. The topological polar surface area (TPSA) is 89.2 Å². The van der Waals surface area contributed by atoms with Crippen LogP contribution in [-0.4, -0.2) is 33.1 Å². The van der Waals surface area contributed by atoms with E-state index in [1.807, 2.05) is 4.90 Å². The van der Waals surface area contributed by atoms with E-state index in [-0.39, 0.29) is 11.9 Å². The van der Waals surface area contributed by atoms with Crippen LogP contribution in [0.1, 0.15) is 43.4 Å². The number of hydrogen-bond acceptors (Lipinski definition) is 5. The van der Waals surface area contributed by atoms with Crippen LogP contribution in [0.4, 0.5) is 5.95 Å². The molecule has 6 nitrogen and oxygen atoms in total. The molecule has 21 heavy (non-hydrogen) atoms. The molecule has 1 amide bonds. The third-order valence-electron chi connectivity index (χ3n) is 4.43. The molecule has 1 unspecified atom stereocenters. The summed E-state index contributed by atoms with van der Waals surface area (Å²) in [5.41, 5.74) is 7.54. The molecule has 1 aromatic heterocycles. The van der Waals surface area contributed by atoms with Crippen LogP contribution in [0.25, 0.3) is 0 Å². The predicted octanol–water partition coefficient (Wildman–Crippen LogP) is 1.09. The average Bonchev–Trinajstić information content (AvgIpc) is 2.89. The second kappa shape index (κ2) is 5.79. The minimum absolute atomic E-state index is 0.150. The summed E-state index contributed by atoms with van der Waals surface area (Å²) in [6.45, 7) is 1.23. The molecule has 1 aliphatic heterocycles. The first-order valence-electron chi connectivity index (χ1n) is 7.51. The Morgan fingerprint density at radius 2 is 2.29 bits per heavy atom. The molecule has 2 heterocycles. The van der Waals surface area contributed by atoms with Gasteiger partial charge in [0.15, 0.2) is 0 Å². The van der Waals surface area contributed by atoms with Gasteiger partial charge in [0.25, 0.3) is 0 Å². The Bertz CT molecular complexity index is 573. The first-order chi connectivity index (χ1) is 10.1. The van der Waals surface area contributed by atoms with Crippen molar-refractivity contribution in [3.63, 3.8) is 0 Å². The third kappa shape index (κ3) is 3.20. The van der Waals surface area contributed by atoms with Crippen molar-refractivity contribution in [2.45, 2.75) is 45.1 Å². The number of nitrogens with two attached hydrogens (primary N) is 1. The molecule has 112 valence electrons. The SMILES string of the molecule is Nc1ncc2c(n1)CN(C(=O)CCC1CCC(=O)C1)CC2. The van der Waals surface area contributed by atoms with Crippen molar-refractivity contribution >= 4 is 17.6 Å². The number of aromatic nitrogens is 2. The zero-order valence-corrected chi connectivity index (χ0v) is 12.0. The van der Waals surface area contributed by atoms with Gasteiger partial charge in [0.2, 0.25) is 11.9 Å². The lowest BCUT2D eigenvalue weighted by Gasteiger charge is -2.28. The Labute approximate surface area is 123 Å². The number of rotatable bonds is 3. The van der Waals surface area contributed by atoms with E-state index in [1.54, 1.807) is 6.20 Å². The van der Waals surface area contributed by atoms with Crippen LogP contribution >= 0.6 is 0 Å². The van der Waals surface area contributed by atoms with Gasteiger partial charge >= 0.3 is 0 Å². The van der Waals surface area contributed by atoms with E-state index >= 15 is 0 Å². The van der Waals surface area contributed by atoms with E-state index in [0.717, 1.165) is 30.5 Å². The predicted molar refractivity (Wildman–Crippen MR) is 77.1 cm³/mol. The van der Waals surface area contributed by atoms with Gasteiger partial charge in [0.05, 0.1) is 12.2 Å². The summed E-state index contributed by atoms with van der Waals surface area (Å²) in [6.07, 6.45) is 6.16. The van der Waals surface area contributed by atoms with Gasteiger partial charge in [-0.1, -0.05) is 0 Å². The molecule has 0 spiro atoms. The van der Waals surface area contributed by atoms with Crippen molar-refractivity contribution in [3.05, 3.63) is 17.5 Å². The summed E-state index contributed by atoms with van der Waals surface area (Å²) in [5, 5.41) is 0. The largest absolute Gasteiger partial charge is 0.368 e. The Morgan fingerprint density at radius 3 is 3.05 bits per heavy atom. The quantitative estimate of drug-likeness (QED) is 0.899. The fraction of sp³-hybridized carbons (Fsp3) is 0.600. The number of amides is 1. The third-order valence-corrected chi connectivity index (χ3v) is 4.43. The minimum atomic E-state index is 0.150. The summed E-state index contributed by atoms with van der Waals surface area (Å²) in [7, 11) is 0. The summed E-state index contributed by atoms with van der Waals surface area (Å²) in [4.78, 5) is 33.6. The molecule has 0 aromatic carbocycles. The maximum absolute atomic E-state index is 12.3. The highest BCUT2D eigenvalue weighted by atomic mass is 16.2. The Kier molecular flexibility index (Phi) is 3.86. The number of hydrogen-bond donors (Lipinski definition) is 1. The fourth-order valence-electron chi connectivity index (χ4n) is 3.15. The van der Waals surface area contributed by atoms with Crippen LogP contribution in [0.2, 0.25) is 0 Å². The first-order valence-corrected chi connectivity index (χ1v) is 7.51. The number of nitrogens with zero attached hydrogens (tertiary/aromatic N) is 3. The van der Waals surface area contributed by atoms with Crippen LogP contribution in [0, 0.1) is 5.92 Å². The van der Waals surface area contributed by atoms with E-state index in [2.05, 4.69) is 9.97 Å². The zero-order valence-electron chi connectivity index (χ0n) is 12.0. The molecule has 1 fully saturated rings. The highest BCUT2D eigenvalue weighted by Crippen LogP contribution is 2.27. The van der Waals surface area contributed by atoms with Crippen LogP contribution in [0.3, 0.4) is 0 Å². The van der Waals surface area contributed by atoms with Gasteiger partial charge in [-0.3, -0.25) is 9.59 Å². The van der Waals surface area contributed by atoms with Crippen molar-refractivity contribution < 1.29 is 9.59 Å². The lowest BCUT2D eigenvalue weighted by molar-refractivity contribution is -0.132. The molecular formula is C15H20N4O2. The van der Waals surface area contributed by atoms with Crippen LogP contribution in [-0.2, 0) is 22.6 Å². The number of fused-ring (bicyclic) bond motifs is 1. The maximum atomic E-state index is 12.3. The number of Topliss-reactive ketones (excluding diaryl/α,β-unsaturated/α-hetero) is 1. The lowest BCUT2D eigenvalue weighted by atomic mass is 10.0. The van der Waals surface area contributed by atoms with E-state index in [4.69, 9.17) is 5.73 Å². The first kappa shape index (κ1) is 14.0. The molecule has 1 saturated carbocycles. The standard InChI is InChI=1S/C15H20N4O2/c16-15-17-8-11-5-6-19(9-13(11)18-15)14(21)4-2-10-1-3-12(20)7-10/h8,10H,1-7,9H2,(H2,16,17,18). The van der Waals surface area contributed by atoms with Crippen molar-refractivity contribution in [1.29, 1.82) is 0 Å². The smallest absolute Gasteiger partial charge is 0.222 e. The van der Waals surface area contributed by atoms with Crippen molar-refractivity contribution in [1.82, 2.24) is 14.9 Å². The van der Waals surface area contributed by atoms with E-state index in [1.165, 1.54) is 0 Å². The lowest BCUT2D eigenvalue weighted by Crippen LogP contribution is -2.36. The molecule has 6 heteroatoms. The molecule has 2 N–H and O–H groups in total. The molecular weight excluding hydrogens is 268 g/mol.